The van der Waals surface area contributed by atoms with Crippen molar-refractivity contribution >= 4 is 29.2 Å². The van der Waals surface area contributed by atoms with Crippen LogP contribution in [0.5, 0.6) is 0 Å². The van der Waals surface area contributed by atoms with Gasteiger partial charge in [-0.2, -0.15) is 0 Å². The van der Waals surface area contributed by atoms with Gasteiger partial charge in [0.2, 0.25) is 0 Å². The van der Waals surface area contributed by atoms with Crippen LogP contribution in [0.3, 0.4) is 0 Å². The molecule has 0 aliphatic carbocycles. The van der Waals surface area contributed by atoms with Crippen molar-refractivity contribution in [2.75, 3.05) is 18.0 Å². The molecule has 1 atom stereocenters. The summed E-state index contributed by atoms with van der Waals surface area (Å²) in [5.41, 5.74) is 0.634. The standard InChI is InChI=1S/C12H14ClNO4/c1-8(12(17)18)6-14(7-11(15)16)10-4-2-9(13)3-5-10/h2-5,8H,6-7H2,1H3,(H,15,16)(H,17,18). The number of halogens is 1. The number of anilines is 1. The van der Waals surface area contributed by atoms with Crippen LogP contribution in [0.4, 0.5) is 5.69 Å². The Morgan fingerprint density at radius 3 is 2.28 bits per heavy atom. The van der Waals surface area contributed by atoms with Crippen LogP contribution in [0, 0.1) is 5.92 Å². The summed E-state index contributed by atoms with van der Waals surface area (Å²) >= 11 is 5.75. The molecule has 0 saturated carbocycles. The van der Waals surface area contributed by atoms with E-state index in [-0.39, 0.29) is 13.1 Å². The van der Waals surface area contributed by atoms with Crippen molar-refractivity contribution in [1.29, 1.82) is 0 Å². The zero-order valence-corrected chi connectivity index (χ0v) is 10.6. The molecule has 0 heterocycles. The van der Waals surface area contributed by atoms with Crippen molar-refractivity contribution in [3.63, 3.8) is 0 Å². The fourth-order valence-corrected chi connectivity index (χ4v) is 1.61. The minimum atomic E-state index is -1.01. The van der Waals surface area contributed by atoms with Crippen LogP contribution in [-0.4, -0.2) is 35.2 Å². The van der Waals surface area contributed by atoms with Gasteiger partial charge in [-0.05, 0) is 24.3 Å². The first-order valence-corrected chi connectivity index (χ1v) is 5.73. The lowest BCUT2D eigenvalue weighted by Gasteiger charge is -2.24. The van der Waals surface area contributed by atoms with Gasteiger partial charge < -0.3 is 15.1 Å². The number of hydrogen-bond donors (Lipinski definition) is 2. The highest BCUT2D eigenvalue weighted by Gasteiger charge is 2.18. The van der Waals surface area contributed by atoms with E-state index in [2.05, 4.69) is 0 Å². The maximum Gasteiger partial charge on any atom is 0.323 e. The molecule has 0 aromatic heterocycles. The summed E-state index contributed by atoms with van der Waals surface area (Å²) in [6, 6.07) is 6.61. The van der Waals surface area contributed by atoms with E-state index in [1.54, 1.807) is 24.3 Å². The summed E-state index contributed by atoms with van der Waals surface area (Å²) in [5.74, 6) is -2.62. The summed E-state index contributed by atoms with van der Waals surface area (Å²) < 4.78 is 0. The van der Waals surface area contributed by atoms with Crippen molar-refractivity contribution in [2.45, 2.75) is 6.92 Å². The Kier molecular flexibility index (Phi) is 4.97. The van der Waals surface area contributed by atoms with Crippen LogP contribution < -0.4 is 4.90 Å². The fourth-order valence-electron chi connectivity index (χ4n) is 1.49. The quantitative estimate of drug-likeness (QED) is 0.827. The smallest absolute Gasteiger partial charge is 0.323 e. The largest absolute Gasteiger partial charge is 0.481 e. The van der Waals surface area contributed by atoms with E-state index in [1.165, 1.54) is 11.8 Å². The highest BCUT2D eigenvalue weighted by Crippen LogP contribution is 2.19. The topological polar surface area (TPSA) is 77.8 Å². The van der Waals surface area contributed by atoms with Gasteiger partial charge in [-0.15, -0.1) is 0 Å². The molecular weight excluding hydrogens is 258 g/mol. The van der Waals surface area contributed by atoms with Gasteiger partial charge in [0, 0.05) is 17.3 Å². The first-order chi connectivity index (χ1) is 8.40. The van der Waals surface area contributed by atoms with E-state index in [1.807, 2.05) is 0 Å². The third-order valence-electron chi connectivity index (χ3n) is 2.43. The Bertz CT molecular complexity index is 432. The van der Waals surface area contributed by atoms with Crippen LogP contribution in [0.25, 0.3) is 0 Å². The van der Waals surface area contributed by atoms with E-state index in [4.69, 9.17) is 21.8 Å². The molecule has 0 aliphatic rings. The number of carbonyl (C=O) groups is 2. The van der Waals surface area contributed by atoms with Gasteiger partial charge in [-0.1, -0.05) is 18.5 Å². The second kappa shape index (κ2) is 6.26. The molecular formula is C12H14ClNO4. The van der Waals surface area contributed by atoms with Crippen LogP contribution >= 0.6 is 11.6 Å². The Hall–Kier alpha value is -1.75. The maximum atomic E-state index is 10.8. The molecule has 1 aromatic carbocycles. The minimum Gasteiger partial charge on any atom is -0.481 e. The number of nitrogens with zero attached hydrogens (tertiary/aromatic N) is 1. The Morgan fingerprint density at radius 1 is 1.28 bits per heavy atom. The van der Waals surface area contributed by atoms with Gasteiger partial charge in [0.15, 0.2) is 0 Å². The molecule has 0 spiro atoms. The number of rotatable bonds is 6. The van der Waals surface area contributed by atoms with Crippen molar-refractivity contribution in [3.8, 4) is 0 Å². The van der Waals surface area contributed by atoms with Gasteiger partial charge in [0.25, 0.3) is 0 Å². The summed E-state index contributed by atoms with van der Waals surface area (Å²) in [7, 11) is 0. The molecule has 0 fully saturated rings. The second-order valence-corrected chi connectivity index (χ2v) is 4.43. The molecule has 0 radical (unpaired) electrons. The lowest BCUT2D eigenvalue weighted by Crippen LogP contribution is -2.35. The predicted octanol–water partition coefficient (Wildman–Crippen LogP) is 1.95. The summed E-state index contributed by atoms with van der Waals surface area (Å²) in [6.45, 7) is 1.41. The highest BCUT2D eigenvalue weighted by molar-refractivity contribution is 6.30. The minimum absolute atomic E-state index is 0.128. The Balaban J connectivity index is 2.87. The molecule has 2 N–H and O–H groups in total. The lowest BCUT2D eigenvalue weighted by molar-refractivity contribution is -0.141. The molecule has 18 heavy (non-hydrogen) atoms. The van der Waals surface area contributed by atoms with Crippen LogP contribution in [0.15, 0.2) is 24.3 Å². The molecule has 0 amide bonds. The number of carboxylic acid groups (broad SMARTS) is 2. The first-order valence-electron chi connectivity index (χ1n) is 5.35. The summed E-state index contributed by atoms with van der Waals surface area (Å²) in [4.78, 5) is 23.1. The molecule has 0 aliphatic heterocycles. The molecule has 0 saturated heterocycles. The molecule has 0 bridgehead atoms. The van der Waals surface area contributed by atoms with Gasteiger partial charge >= 0.3 is 11.9 Å². The Morgan fingerprint density at radius 2 is 1.83 bits per heavy atom. The fraction of sp³-hybridized carbons (Fsp3) is 0.333. The number of benzene rings is 1. The Labute approximate surface area is 110 Å². The van der Waals surface area contributed by atoms with Crippen molar-refractivity contribution < 1.29 is 19.8 Å². The van der Waals surface area contributed by atoms with Crippen molar-refractivity contribution in [3.05, 3.63) is 29.3 Å². The van der Waals surface area contributed by atoms with E-state index < -0.39 is 17.9 Å². The van der Waals surface area contributed by atoms with E-state index in [0.29, 0.717) is 10.7 Å². The zero-order chi connectivity index (χ0) is 13.7. The predicted molar refractivity (Wildman–Crippen MR) is 68.1 cm³/mol. The monoisotopic (exact) mass is 271 g/mol. The van der Waals surface area contributed by atoms with Crippen molar-refractivity contribution in [2.24, 2.45) is 5.92 Å². The highest BCUT2D eigenvalue weighted by atomic mass is 35.5. The van der Waals surface area contributed by atoms with Crippen LogP contribution in [0.1, 0.15) is 6.92 Å². The summed E-state index contributed by atoms with van der Waals surface area (Å²) in [5, 5.41) is 18.2. The lowest BCUT2D eigenvalue weighted by atomic mass is 10.1. The first kappa shape index (κ1) is 14.3. The van der Waals surface area contributed by atoms with E-state index >= 15 is 0 Å². The average Bonchev–Trinajstić information content (AvgIpc) is 2.28. The molecule has 6 heteroatoms. The SMILES string of the molecule is CC(CN(CC(=O)O)c1ccc(Cl)cc1)C(=O)O. The van der Waals surface area contributed by atoms with Crippen LogP contribution in [0.2, 0.25) is 5.02 Å². The number of carboxylic acids is 2. The van der Waals surface area contributed by atoms with Gasteiger partial charge in [-0.3, -0.25) is 9.59 Å². The molecule has 1 unspecified atom stereocenters. The van der Waals surface area contributed by atoms with Crippen LogP contribution in [-0.2, 0) is 9.59 Å². The molecule has 98 valence electrons. The third-order valence-corrected chi connectivity index (χ3v) is 2.69. The van der Waals surface area contributed by atoms with Crippen molar-refractivity contribution in [1.82, 2.24) is 0 Å². The van der Waals surface area contributed by atoms with Gasteiger partial charge in [-0.25, -0.2) is 0 Å². The van der Waals surface area contributed by atoms with E-state index in [9.17, 15) is 9.59 Å². The zero-order valence-electron chi connectivity index (χ0n) is 9.84. The summed E-state index contributed by atoms with van der Waals surface area (Å²) in [6.07, 6.45) is 0. The third kappa shape index (κ3) is 4.25. The van der Waals surface area contributed by atoms with Gasteiger partial charge in [0.1, 0.15) is 6.54 Å². The second-order valence-electron chi connectivity index (χ2n) is 3.99. The number of aliphatic carboxylic acids is 2. The average molecular weight is 272 g/mol. The molecule has 5 nitrogen and oxygen atoms in total. The molecule has 1 aromatic rings. The molecule has 1 rings (SSSR count). The maximum absolute atomic E-state index is 10.8. The number of hydrogen-bond acceptors (Lipinski definition) is 3. The normalized spacial score (nSPS) is 11.9. The van der Waals surface area contributed by atoms with Gasteiger partial charge in [0.05, 0.1) is 5.92 Å². The van der Waals surface area contributed by atoms with E-state index in [0.717, 1.165) is 0 Å².